The standard InChI is InChI=1S/C21H19FN2O5/c22-13-5-3-12(4-6-13)14-7-8-15-18(27)17(20(29)23-11-16(25)26)19(28)21(24(14)15)9-1-2-10-21/h3-8,28H,1-2,9-11H2,(H,23,29)(H,25,26). The van der Waals surface area contributed by atoms with Crippen molar-refractivity contribution in [2.45, 2.75) is 31.2 Å². The number of hydrogen-bond donors (Lipinski definition) is 3. The van der Waals surface area contributed by atoms with Crippen molar-refractivity contribution >= 4 is 17.7 Å². The molecular formula is C21H19FN2O5. The van der Waals surface area contributed by atoms with Crippen molar-refractivity contribution in [3.63, 3.8) is 0 Å². The number of rotatable bonds is 4. The van der Waals surface area contributed by atoms with Crippen LogP contribution in [0.1, 0.15) is 36.2 Å². The van der Waals surface area contributed by atoms with Gasteiger partial charge in [0, 0.05) is 5.69 Å². The molecule has 1 aromatic carbocycles. The third-order valence-electron chi connectivity index (χ3n) is 5.64. The zero-order valence-corrected chi connectivity index (χ0v) is 15.4. The number of amides is 1. The number of carboxylic acids is 1. The van der Waals surface area contributed by atoms with E-state index in [-0.39, 0.29) is 17.3 Å². The Morgan fingerprint density at radius 2 is 1.69 bits per heavy atom. The van der Waals surface area contributed by atoms with Crippen LogP contribution in [0.3, 0.4) is 0 Å². The second-order valence-electron chi connectivity index (χ2n) is 7.31. The monoisotopic (exact) mass is 398 g/mol. The Bertz CT molecular complexity index is 1050. The number of nitrogens with one attached hydrogen (secondary N) is 1. The molecular weight excluding hydrogens is 379 g/mol. The van der Waals surface area contributed by atoms with Crippen LogP contribution >= 0.6 is 0 Å². The Balaban J connectivity index is 1.86. The predicted molar refractivity (Wildman–Crippen MR) is 101 cm³/mol. The van der Waals surface area contributed by atoms with Crippen LogP contribution in [0.2, 0.25) is 0 Å². The molecule has 0 radical (unpaired) electrons. The number of aliphatic hydroxyl groups excluding tert-OH is 1. The van der Waals surface area contributed by atoms with Gasteiger partial charge in [-0.15, -0.1) is 0 Å². The zero-order chi connectivity index (χ0) is 20.8. The molecule has 2 heterocycles. The number of ketones is 1. The minimum Gasteiger partial charge on any atom is -0.509 e. The fourth-order valence-corrected chi connectivity index (χ4v) is 4.37. The first-order valence-electron chi connectivity index (χ1n) is 9.32. The lowest BCUT2D eigenvalue weighted by molar-refractivity contribution is -0.137. The summed E-state index contributed by atoms with van der Waals surface area (Å²) in [5, 5.41) is 22.0. The average molecular weight is 398 g/mol. The molecule has 2 aromatic rings. The third kappa shape index (κ3) is 2.91. The molecule has 1 amide bonds. The number of aromatic nitrogens is 1. The topological polar surface area (TPSA) is 109 Å². The van der Waals surface area contributed by atoms with E-state index >= 15 is 0 Å². The van der Waals surface area contributed by atoms with Crippen molar-refractivity contribution in [3.05, 3.63) is 59.2 Å². The van der Waals surface area contributed by atoms with Gasteiger partial charge in [-0.3, -0.25) is 14.4 Å². The summed E-state index contributed by atoms with van der Waals surface area (Å²) in [4.78, 5) is 36.3. The van der Waals surface area contributed by atoms with E-state index in [4.69, 9.17) is 5.11 Å². The average Bonchev–Trinajstić information content (AvgIpc) is 3.34. The van der Waals surface area contributed by atoms with Crippen molar-refractivity contribution in [2.24, 2.45) is 0 Å². The summed E-state index contributed by atoms with van der Waals surface area (Å²) < 4.78 is 15.1. The first-order chi connectivity index (χ1) is 13.8. The zero-order valence-electron chi connectivity index (χ0n) is 15.4. The Morgan fingerprint density at radius 1 is 1.07 bits per heavy atom. The summed E-state index contributed by atoms with van der Waals surface area (Å²) >= 11 is 0. The number of halogens is 1. The molecule has 1 aromatic heterocycles. The SMILES string of the molecule is O=C(O)CNC(=O)C1=C(O)C2(CCCC2)n2c(ccc2-c2ccc(F)cc2)C1=O. The minimum atomic E-state index is -1.25. The van der Waals surface area contributed by atoms with Gasteiger partial charge in [-0.05, 0) is 54.8 Å². The highest BCUT2D eigenvalue weighted by Crippen LogP contribution is 2.49. The van der Waals surface area contributed by atoms with E-state index < -0.39 is 35.3 Å². The quantitative estimate of drug-likeness (QED) is 0.687. The number of allylic oxidation sites excluding steroid dienone is 1. The highest BCUT2D eigenvalue weighted by molar-refractivity contribution is 6.26. The largest absolute Gasteiger partial charge is 0.509 e. The van der Waals surface area contributed by atoms with E-state index in [0.29, 0.717) is 24.1 Å². The molecule has 0 saturated heterocycles. The van der Waals surface area contributed by atoms with E-state index in [9.17, 15) is 23.9 Å². The van der Waals surface area contributed by atoms with Gasteiger partial charge in [0.25, 0.3) is 5.91 Å². The van der Waals surface area contributed by atoms with Crippen LogP contribution in [0.15, 0.2) is 47.7 Å². The summed E-state index contributed by atoms with van der Waals surface area (Å²) in [5.74, 6) is -3.55. The second-order valence-corrected chi connectivity index (χ2v) is 7.31. The van der Waals surface area contributed by atoms with Crippen LogP contribution < -0.4 is 5.32 Å². The minimum absolute atomic E-state index is 0.240. The smallest absolute Gasteiger partial charge is 0.322 e. The van der Waals surface area contributed by atoms with E-state index in [1.54, 1.807) is 28.8 Å². The first kappa shape index (κ1) is 18.9. The number of aliphatic hydroxyl groups is 1. The van der Waals surface area contributed by atoms with E-state index in [1.807, 2.05) is 0 Å². The highest BCUT2D eigenvalue weighted by Gasteiger charge is 2.50. The normalized spacial score (nSPS) is 17.5. The molecule has 3 N–H and O–H groups in total. The van der Waals surface area contributed by atoms with Crippen LogP contribution in [0, 0.1) is 5.82 Å². The number of carbonyl (C=O) groups excluding carboxylic acids is 2. The number of aliphatic carboxylic acids is 1. The van der Waals surface area contributed by atoms with Gasteiger partial charge in [0.1, 0.15) is 29.2 Å². The molecule has 2 aliphatic rings. The summed E-state index contributed by atoms with van der Waals surface area (Å²) in [5.41, 5.74) is 0.191. The van der Waals surface area contributed by atoms with Crippen LogP contribution in [0.25, 0.3) is 11.3 Å². The van der Waals surface area contributed by atoms with Gasteiger partial charge in [0.05, 0.1) is 5.69 Å². The first-order valence-corrected chi connectivity index (χ1v) is 9.32. The summed E-state index contributed by atoms with van der Waals surface area (Å²) in [6.45, 7) is -0.655. The summed E-state index contributed by atoms with van der Waals surface area (Å²) in [6, 6.07) is 9.13. The molecule has 4 rings (SSSR count). The second kappa shape index (κ2) is 6.88. The maximum Gasteiger partial charge on any atom is 0.322 e. The highest BCUT2D eigenvalue weighted by atomic mass is 19.1. The van der Waals surface area contributed by atoms with Gasteiger partial charge in [0.2, 0.25) is 5.78 Å². The lowest BCUT2D eigenvalue weighted by Gasteiger charge is -2.38. The number of carboxylic acid groups (broad SMARTS) is 1. The van der Waals surface area contributed by atoms with Gasteiger partial charge in [0.15, 0.2) is 0 Å². The maximum absolute atomic E-state index is 13.4. The molecule has 1 spiro atoms. The number of benzene rings is 1. The molecule has 7 nitrogen and oxygen atoms in total. The number of nitrogens with zero attached hydrogens (tertiary/aromatic N) is 1. The van der Waals surface area contributed by atoms with Crippen molar-refractivity contribution in [2.75, 3.05) is 6.54 Å². The van der Waals surface area contributed by atoms with Crippen LogP contribution in [-0.2, 0) is 15.1 Å². The fraction of sp³-hybridized carbons (Fsp3) is 0.286. The van der Waals surface area contributed by atoms with Gasteiger partial charge in [-0.1, -0.05) is 12.8 Å². The molecule has 0 bridgehead atoms. The van der Waals surface area contributed by atoms with Crippen LogP contribution in [0.5, 0.6) is 0 Å². The van der Waals surface area contributed by atoms with Crippen molar-refractivity contribution in [1.82, 2.24) is 9.88 Å². The third-order valence-corrected chi connectivity index (χ3v) is 5.64. The Kier molecular flexibility index (Phi) is 4.49. The number of Topliss-reactive ketones (excluding diaryl/α,β-unsaturated/α-hetero) is 1. The van der Waals surface area contributed by atoms with Gasteiger partial charge in [-0.25, -0.2) is 4.39 Å². The molecule has 1 saturated carbocycles. The van der Waals surface area contributed by atoms with Crippen molar-refractivity contribution in [3.8, 4) is 11.3 Å². The summed E-state index contributed by atoms with van der Waals surface area (Å²) in [6.07, 6.45) is 2.64. The molecule has 8 heteroatoms. The van der Waals surface area contributed by atoms with Gasteiger partial charge < -0.3 is 20.1 Å². The van der Waals surface area contributed by atoms with Gasteiger partial charge in [-0.2, -0.15) is 0 Å². The molecule has 0 unspecified atom stereocenters. The lowest BCUT2D eigenvalue weighted by Crippen LogP contribution is -2.44. The molecule has 1 aliphatic heterocycles. The molecule has 1 aliphatic carbocycles. The summed E-state index contributed by atoms with van der Waals surface area (Å²) in [7, 11) is 0. The van der Waals surface area contributed by atoms with Crippen LogP contribution in [0.4, 0.5) is 4.39 Å². The Labute approximate surface area is 165 Å². The Hall–Kier alpha value is -3.42. The number of fused-ring (bicyclic) bond motifs is 2. The Morgan fingerprint density at radius 3 is 2.31 bits per heavy atom. The van der Waals surface area contributed by atoms with E-state index in [2.05, 4.69) is 5.32 Å². The molecule has 1 fully saturated rings. The maximum atomic E-state index is 13.4. The van der Waals surface area contributed by atoms with Crippen LogP contribution in [-0.4, -0.2) is 39.0 Å². The fourth-order valence-electron chi connectivity index (χ4n) is 4.37. The molecule has 150 valence electrons. The van der Waals surface area contributed by atoms with Crippen molar-refractivity contribution < 1.29 is 29.0 Å². The van der Waals surface area contributed by atoms with Crippen molar-refractivity contribution in [1.29, 1.82) is 0 Å². The number of hydrogen-bond acceptors (Lipinski definition) is 4. The van der Waals surface area contributed by atoms with Gasteiger partial charge >= 0.3 is 5.97 Å². The van der Waals surface area contributed by atoms with E-state index in [0.717, 1.165) is 12.8 Å². The predicted octanol–water partition coefficient (Wildman–Crippen LogP) is 2.77. The van der Waals surface area contributed by atoms with E-state index in [1.165, 1.54) is 12.1 Å². The molecule has 29 heavy (non-hydrogen) atoms. The lowest BCUT2D eigenvalue weighted by atomic mass is 9.84. The number of carbonyl (C=O) groups is 3. The molecule has 0 atom stereocenters.